The molecular weight excluding hydrogens is 252 g/mol. The molecule has 2 aromatic rings. The first-order valence-electron chi connectivity index (χ1n) is 6.00. The summed E-state index contributed by atoms with van der Waals surface area (Å²) in [5.41, 5.74) is 1.87. The third kappa shape index (κ3) is 2.08. The molecule has 1 aromatic heterocycles. The number of carboxylic acid groups (broad SMARTS) is 1. The Balaban J connectivity index is 2.00. The average Bonchev–Trinajstić information content (AvgIpc) is 3.11. The second-order valence-electron chi connectivity index (χ2n) is 4.86. The van der Waals surface area contributed by atoms with Gasteiger partial charge in [-0.1, -0.05) is 17.7 Å². The van der Waals surface area contributed by atoms with E-state index in [2.05, 4.69) is 10.2 Å². The van der Waals surface area contributed by atoms with Crippen LogP contribution in [0, 0.1) is 5.92 Å². The van der Waals surface area contributed by atoms with E-state index in [4.69, 9.17) is 16.7 Å². The lowest BCUT2D eigenvalue weighted by Crippen LogP contribution is -2.08. The number of benzene rings is 1. The lowest BCUT2D eigenvalue weighted by molar-refractivity contribution is -0.137. The van der Waals surface area contributed by atoms with Gasteiger partial charge in [0.2, 0.25) is 0 Å². The second kappa shape index (κ2) is 4.28. The van der Waals surface area contributed by atoms with Crippen molar-refractivity contribution >= 4 is 28.5 Å². The summed E-state index contributed by atoms with van der Waals surface area (Å²) in [6, 6.07) is 5.82. The molecule has 0 aliphatic heterocycles. The van der Waals surface area contributed by atoms with E-state index in [1.807, 2.05) is 18.2 Å². The number of H-pyrrole nitrogens is 1. The van der Waals surface area contributed by atoms with E-state index >= 15 is 0 Å². The molecule has 2 N–H and O–H groups in total. The summed E-state index contributed by atoms with van der Waals surface area (Å²) in [7, 11) is 0. The van der Waals surface area contributed by atoms with Gasteiger partial charge < -0.3 is 5.11 Å². The number of aromatic amines is 1. The lowest BCUT2D eigenvalue weighted by Gasteiger charge is -2.14. The molecule has 0 radical (unpaired) electrons. The Morgan fingerprint density at radius 3 is 3.00 bits per heavy atom. The van der Waals surface area contributed by atoms with Crippen LogP contribution in [0.3, 0.4) is 0 Å². The third-order valence-corrected chi connectivity index (χ3v) is 3.83. The SMILES string of the molecule is O=C(O)CC(c1ccc2n[nH]c(Cl)c2c1)C1CC1. The molecule has 3 rings (SSSR count). The number of halogens is 1. The maximum atomic E-state index is 11.0. The van der Waals surface area contributed by atoms with Gasteiger partial charge >= 0.3 is 5.97 Å². The zero-order valence-electron chi connectivity index (χ0n) is 9.69. The average molecular weight is 265 g/mol. The fourth-order valence-electron chi connectivity index (χ4n) is 2.47. The molecule has 0 amide bonds. The number of aromatic nitrogens is 2. The predicted molar refractivity (Wildman–Crippen MR) is 68.8 cm³/mol. The Kier molecular flexibility index (Phi) is 2.74. The zero-order chi connectivity index (χ0) is 12.7. The van der Waals surface area contributed by atoms with Gasteiger partial charge in [0.25, 0.3) is 0 Å². The highest BCUT2D eigenvalue weighted by atomic mass is 35.5. The van der Waals surface area contributed by atoms with E-state index in [0.717, 1.165) is 29.3 Å². The van der Waals surface area contributed by atoms with Crippen molar-refractivity contribution in [2.24, 2.45) is 5.92 Å². The first kappa shape index (κ1) is 11.5. The fraction of sp³-hybridized carbons (Fsp3) is 0.385. The highest BCUT2D eigenvalue weighted by molar-refractivity contribution is 6.34. The van der Waals surface area contributed by atoms with Crippen molar-refractivity contribution in [2.45, 2.75) is 25.2 Å². The summed E-state index contributed by atoms with van der Waals surface area (Å²) < 4.78 is 0. The molecule has 0 saturated heterocycles. The molecule has 94 valence electrons. The molecule has 0 bridgehead atoms. The lowest BCUT2D eigenvalue weighted by atomic mass is 9.90. The molecule has 1 unspecified atom stereocenters. The van der Waals surface area contributed by atoms with Crippen molar-refractivity contribution in [3.05, 3.63) is 28.9 Å². The highest BCUT2D eigenvalue weighted by Crippen LogP contribution is 2.45. The summed E-state index contributed by atoms with van der Waals surface area (Å²) >= 11 is 6.02. The number of carbonyl (C=O) groups is 1. The maximum Gasteiger partial charge on any atom is 0.303 e. The van der Waals surface area contributed by atoms with Crippen LogP contribution in [-0.4, -0.2) is 21.3 Å². The first-order valence-corrected chi connectivity index (χ1v) is 6.38. The van der Waals surface area contributed by atoms with E-state index in [0.29, 0.717) is 11.1 Å². The molecule has 1 aliphatic carbocycles. The van der Waals surface area contributed by atoms with Crippen LogP contribution in [0.15, 0.2) is 18.2 Å². The second-order valence-corrected chi connectivity index (χ2v) is 5.23. The predicted octanol–water partition coefficient (Wildman–Crippen LogP) is 3.18. The molecule has 18 heavy (non-hydrogen) atoms. The number of carboxylic acids is 1. The zero-order valence-corrected chi connectivity index (χ0v) is 10.4. The van der Waals surface area contributed by atoms with Crippen molar-refractivity contribution in [3.63, 3.8) is 0 Å². The minimum atomic E-state index is -0.745. The number of fused-ring (bicyclic) bond motifs is 1. The minimum absolute atomic E-state index is 0.0952. The third-order valence-electron chi connectivity index (χ3n) is 3.55. The van der Waals surface area contributed by atoms with Crippen LogP contribution in [0.1, 0.15) is 30.7 Å². The number of aliphatic carboxylic acids is 1. The van der Waals surface area contributed by atoms with E-state index in [-0.39, 0.29) is 12.3 Å². The van der Waals surface area contributed by atoms with Crippen molar-refractivity contribution in [3.8, 4) is 0 Å². The number of hydrogen-bond acceptors (Lipinski definition) is 2. The Labute approximate surface area is 109 Å². The van der Waals surface area contributed by atoms with E-state index < -0.39 is 5.97 Å². The maximum absolute atomic E-state index is 11.0. The number of nitrogens with one attached hydrogen (secondary N) is 1. The summed E-state index contributed by atoms with van der Waals surface area (Å²) in [6.45, 7) is 0. The fourth-order valence-corrected chi connectivity index (χ4v) is 2.66. The smallest absolute Gasteiger partial charge is 0.303 e. The van der Waals surface area contributed by atoms with Crippen LogP contribution in [0.4, 0.5) is 0 Å². The molecule has 1 fully saturated rings. The molecule has 1 atom stereocenters. The van der Waals surface area contributed by atoms with E-state index in [9.17, 15) is 4.79 Å². The van der Waals surface area contributed by atoms with Crippen molar-refractivity contribution in [1.29, 1.82) is 0 Å². The van der Waals surface area contributed by atoms with Crippen molar-refractivity contribution in [2.75, 3.05) is 0 Å². The van der Waals surface area contributed by atoms with Crippen molar-refractivity contribution < 1.29 is 9.90 Å². The number of nitrogens with zero attached hydrogens (tertiary/aromatic N) is 1. The quantitative estimate of drug-likeness (QED) is 0.891. The largest absolute Gasteiger partial charge is 0.481 e. The van der Waals surface area contributed by atoms with Gasteiger partial charge in [-0.05, 0) is 42.4 Å². The van der Waals surface area contributed by atoms with Gasteiger partial charge in [-0.25, -0.2) is 0 Å². The highest BCUT2D eigenvalue weighted by Gasteiger charge is 2.33. The summed E-state index contributed by atoms with van der Waals surface area (Å²) in [6.07, 6.45) is 2.43. The first-order chi connectivity index (χ1) is 8.65. The van der Waals surface area contributed by atoms with Crippen LogP contribution < -0.4 is 0 Å². The number of hydrogen-bond donors (Lipinski definition) is 2. The number of rotatable bonds is 4. The van der Waals surface area contributed by atoms with Gasteiger partial charge in [0.05, 0.1) is 11.9 Å². The molecule has 4 nitrogen and oxygen atoms in total. The topological polar surface area (TPSA) is 66.0 Å². The van der Waals surface area contributed by atoms with Gasteiger partial charge in [0.1, 0.15) is 5.15 Å². The van der Waals surface area contributed by atoms with Gasteiger partial charge in [0.15, 0.2) is 0 Å². The van der Waals surface area contributed by atoms with Crippen LogP contribution in [-0.2, 0) is 4.79 Å². The van der Waals surface area contributed by atoms with Gasteiger partial charge in [0, 0.05) is 5.39 Å². The standard InChI is InChI=1S/C13H13ClN2O2/c14-13-10-5-8(3-4-11(10)15-16-13)9(6-12(17)18)7-1-2-7/h3-5,7,9H,1-2,6H2,(H,15,16)(H,17,18). The Morgan fingerprint density at radius 2 is 2.33 bits per heavy atom. The molecule has 1 aromatic carbocycles. The van der Waals surface area contributed by atoms with Gasteiger partial charge in [-0.3, -0.25) is 9.89 Å². The molecule has 1 saturated carbocycles. The Hall–Kier alpha value is -1.55. The van der Waals surface area contributed by atoms with E-state index in [1.165, 1.54) is 0 Å². The summed E-state index contributed by atoms with van der Waals surface area (Å²) in [5, 5.41) is 17.2. The molecule has 5 heteroatoms. The molecule has 0 spiro atoms. The summed E-state index contributed by atoms with van der Waals surface area (Å²) in [5.74, 6) is -0.146. The molecular formula is C13H13ClN2O2. The van der Waals surface area contributed by atoms with Gasteiger partial charge in [-0.2, -0.15) is 5.10 Å². The van der Waals surface area contributed by atoms with E-state index in [1.54, 1.807) is 0 Å². The monoisotopic (exact) mass is 264 g/mol. The summed E-state index contributed by atoms with van der Waals surface area (Å²) in [4.78, 5) is 11.0. The molecule has 1 heterocycles. The van der Waals surface area contributed by atoms with Crippen LogP contribution in [0.2, 0.25) is 5.15 Å². The Morgan fingerprint density at radius 1 is 1.56 bits per heavy atom. The van der Waals surface area contributed by atoms with Crippen LogP contribution in [0.25, 0.3) is 10.9 Å². The van der Waals surface area contributed by atoms with Crippen molar-refractivity contribution in [1.82, 2.24) is 10.2 Å². The minimum Gasteiger partial charge on any atom is -0.481 e. The molecule has 1 aliphatic rings. The van der Waals surface area contributed by atoms with Crippen LogP contribution >= 0.6 is 11.6 Å². The normalized spacial score (nSPS) is 16.9. The van der Waals surface area contributed by atoms with Crippen LogP contribution in [0.5, 0.6) is 0 Å². The Bertz CT molecular complexity index is 604. The van der Waals surface area contributed by atoms with Gasteiger partial charge in [-0.15, -0.1) is 0 Å².